The molecule has 0 radical (unpaired) electrons. The third-order valence-electron chi connectivity index (χ3n) is 2.89. The summed E-state index contributed by atoms with van der Waals surface area (Å²) in [6.45, 7) is 6.15. The van der Waals surface area contributed by atoms with Gasteiger partial charge in [0.15, 0.2) is 0 Å². The van der Waals surface area contributed by atoms with Gasteiger partial charge in [-0.1, -0.05) is 45.3 Å². The molecule has 0 saturated carbocycles. The van der Waals surface area contributed by atoms with E-state index in [4.69, 9.17) is 5.11 Å². The Bertz CT molecular complexity index is 197. The van der Waals surface area contributed by atoms with Crippen LogP contribution in [0.15, 0.2) is 12.2 Å². The smallest absolute Gasteiger partial charge is 0.307 e. The molecule has 0 heterocycles. The van der Waals surface area contributed by atoms with Gasteiger partial charge in [0.05, 0.1) is 5.92 Å². The number of unbranched alkanes of at least 4 members (excludes halogenated alkanes) is 2. The number of carboxylic acid groups (broad SMARTS) is 1. The fraction of sp³-hybridized carbons (Fsp3) is 0.769. The molecule has 0 aromatic heterocycles. The van der Waals surface area contributed by atoms with Crippen molar-refractivity contribution in [3.05, 3.63) is 12.2 Å². The Kier molecular flexibility index (Phi) is 8.06. The number of rotatable bonds is 8. The lowest BCUT2D eigenvalue weighted by molar-refractivity contribution is -0.143. The molecule has 0 aromatic rings. The first-order valence-corrected chi connectivity index (χ1v) is 5.97. The Labute approximate surface area is 93.4 Å². The van der Waals surface area contributed by atoms with Crippen LogP contribution in [0.5, 0.6) is 0 Å². The maximum atomic E-state index is 11.0. The fourth-order valence-corrected chi connectivity index (χ4v) is 1.78. The Balaban J connectivity index is 4.04. The first kappa shape index (κ1) is 14.2. The number of hydrogen-bond donors (Lipinski definition) is 1. The molecule has 0 bridgehead atoms. The summed E-state index contributed by atoms with van der Waals surface area (Å²) < 4.78 is 0. The summed E-state index contributed by atoms with van der Waals surface area (Å²) in [6.07, 6.45) is 9.13. The van der Waals surface area contributed by atoms with Crippen molar-refractivity contribution in [2.75, 3.05) is 0 Å². The molecule has 0 amide bonds. The highest BCUT2D eigenvalue weighted by Crippen LogP contribution is 2.22. The molecule has 15 heavy (non-hydrogen) atoms. The lowest BCUT2D eigenvalue weighted by Crippen LogP contribution is -2.21. The summed E-state index contributed by atoms with van der Waals surface area (Å²) >= 11 is 0. The van der Waals surface area contributed by atoms with E-state index in [1.165, 1.54) is 12.8 Å². The number of carboxylic acids is 1. The van der Waals surface area contributed by atoms with Gasteiger partial charge >= 0.3 is 5.97 Å². The molecular weight excluding hydrogens is 188 g/mol. The van der Waals surface area contributed by atoms with Crippen molar-refractivity contribution in [2.24, 2.45) is 11.8 Å². The molecule has 2 unspecified atom stereocenters. The van der Waals surface area contributed by atoms with Crippen molar-refractivity contribution in [3.8, 4) is 0 Å². The Morgan fingerprint density at radius 1 is 1.40 bits per heavy atom. The third kappa shape index (κ3) is 6.32. The van der Waals surface area contributed by atoms with Gasteiger partial charge < -0.3 is 5.11 Å². The maximum absolute atomic E-state index is 11.0. The highest BCUT2D eigenvalue weighted by molar-refractivity contribution is 5.70. The lowest BCUT2D eigenvalue weighted by atomic mass is 9.87. The minimum absolute atomic E-state index is 0.210. The van der Waals surface area contributed by atoms with E-state index in [-0.39, 0.29) is 11.8 Å². The van der Waals surface area contributed by atoms with E-state index in [1.54, 1.807) is 0 Å². The summed E-state index contributed by atoms with van der Waals surface area (Å²) in [6, 6.07) is 0. The Morgan fingerprint density at radius 3 is 2.53 bits per heavy atom. The third-order valence-corrected chi connectivity index (χ3v) is 2.89. The second kappa shape index (κ2) is 8.51. The minimum atomic E-state index is -0.655. The lowest BCUT2D eigenvalue weighted by Gasteiger charge is -2.18. The van der Waals surface area contributed by atoms with Gasteiger partial charge in [0, 0.05) is 0 Å². The van der Waals surface area contributed by atoms with Gasteiger partial charge in [0.2, 0.25) is 0 Å². The predicted octanol–water partition coefficient (Wildman–Crippen LogP) is 3.87. The molecule has 2 atom stereocenters. The van der Waals surface area contributed by atoms with Crippen molar-refractivity contribution < 1.29 is 9.90 Å². The molecule has 2 nitrogen and oxygen atoms in total. The Hall–Kier alpha value is -0.790. The largest absolute Gasteiger partial charge is 0.481 e. The molecule has 88 valence electrons. The van der Waals surface area contributed by atoms with Crippen molar-refractivity contribution in [1.82, 2.24) is 0 Å². The van der Waals surface area contributed by atoms with Gasteiger partial charge in [-0.2, -0.15) is 0 Å². The molecule has 0 saturated heterocycles. The zero-order chi connectivity index (χ0) is 11.7. The van der Waals surface area contributed by atoms with Crippen LogP contribution in [0.1, 0.15) is 52.9 Å². The SMILES string of the molecule is CC=CCC(C(=O)O)C(C)CCCCC. The summed E-state index contributed by atoms with van der Waals surface area (Å²) in [5.74, 6) is -0.583. The summed E-state index contributed by atoms with van der Waals surface area (Å²) in [7, 11) is 0. The normalized spacial score (nSPS) is 15.4. The molecule has 2 heteroatoms. The van der Waals surface area contributed by atoms with Crippen molar-refractivity contribution in [2.45, 2.75) is 52.9 Å². The topological polar surface area (TPSA) is 37.3 Å². The average molecular weight is 212 g/mol. The average Bonchev–Trinajstić information content (AvgIpc) is 2.18. The van der Waals surface area contributed by atoms with Crippen LogP contribution in [0.3, 0.4) is 0 Å². The van der Waals surface area contributed by atoms with E-state index in [0.29, 0.717) is 6.42 Å². The van der Waals surface area contributed by atoms with Crippen molar-refractivity contribution in [1.29, 1.82) is 0 Å². The van der Waals surface area contributed by atoms with Gasteiger partial charge in [-0.05, 0) is 25.7 Å². The van der Waals surface area contributed by atoms with Gasteiger partial charge in [0.1, 0.15) is 0 Å². The van der Waals surface area contributed by atoms with Gasteiger partial charge in [-0.25, -0.2) is 0 Å². The quantitative estimate of drug-likeness (QED) is 0.490. The summed E-state index contributed by atoms with van der Waals surface area (Å²) in [5, 5.41) is 9.09. The van der Waals surface area contributed by atoms with E-state index in [9.17, 15) is 4.79 Å². The summed E-state index contributed by atoms with van der Waals surface area (Å²) in [5.41, 5.74) is 0. The second-order valence-electron chi connectivity index (χ2n) is 4.22. The minimum Gasteiger partial charge on any atom is -0.481 e. The molecule has 0 spiro atoms. The van der Waals surface area contributed by atoms with E-state index in [0.717, 1.165) is 12.8 Å². The van der Waals surface area contributed by atoms with Crippen LogP contribution >= 0.6 is 0 Å². The van der Waals surface area contributed by atoms with E-state index < -0.39 is 5.97 Å². The number of aliphatic carboxylic acids is 1. The molecule has 0 rings (SSSR count). The van der Waals surface area contributed by atoms with Crippen LogP contribution in [-0.4, -0.2) is 11.1 Å². The molecule has 0 aliphatic heterocycles. The standard InChI is InChI=1S/C13H24O2/c1-4-6-8-9-11(3)12(13(14)15)10-7-5-2/h5,7,11-12H,4,6,8-10H2,1-3H3,(H,14,15). The van der Waals surface area contributed by atoms with Gasteiger partial charge in [-0.15, -0.1) is 0 Å². The van der Waals surface area contributed by atoms with E-state index in [1.807, 2.05) is 19.1 Å². The van der Waals surface area contributed by atoms with E-state index in [2.05, 4.69) is 13.8 Å². The zero-order valence-corrected chi connectivity index (χ0v) is 10.2. The van der Waals surface area contributed by atoms with Crippen LogP contribution in [0.25, 0.3) is 0 Å². The monoisotopic (exact) mass is 212 g/mol. The molecule has 0 fully saturated rings. The zero-order valence-electron chi connectivity index (χ0n) is 10.2. The molecule has 0 aliphatic carbocycles. The van der Waals surface area contributed by atoms with Crippen LogP contribution in [0, 0.1) is 11.8 Å². The highest BCUT2D eigenvalue weighted by atomic mass is 16.4. The molecule has 1 N–H and O–H groups in total. The molecule has 0 aromatic carbocycles. The number of carbonyl (C=O) groups is 1. The van der Waals surface area contributed by atoms with Gasteiger partial charge in [0.25, 0.3) is 0 Å². The van der Waals surface area contributed by atoms with Crippen molar-refractivity contribution >= 4 is 5.97 Å². The summed E-state index contributed by atoms with van der Waals surface area (Å²) in [4.78, 5) is 11.0. The Morgan fingerprint density at radius 2 is 2.07 bits per heavy atom. The van der Waals surface area contributed by atoms with Crippen LogP contribution in [0.4, 0.5) is 0 Å². The van der Waals surface area contributed by atoms with Crippen LogP contribution in [-0.2, 0) is 4.79 Å². The molecular formula is C13H24O2. The highest BCUT2D eigenvalue weighted by Gasteiger charge is 2.22. The first-order chi connectivity index (χ1) is 7.13. The predicted molar refractivity (Wildman–Crippen MR) is 63.9 cm³/mol. The van der Waals surface area contributed by atoms with Gasteiger partial charge in [-0.3, -0.25) is 4.79 Å². The second-order valence-corrected chi connectivity index (χ2v) is 4.22. The number of hydrogen-bond acceptors (Lipinski definition) is 1. The molecule has 0 aliphatic rings. The van der Waals surface area contributed by atoms with Crippen LogP contribution in [0.2, 0.25) is 0 Å². The van der Waals surface area contributed by atoms with Crippen LogP contribution < -0.4 is 0 Å². The van der Waals surface area contributed by atoms with Crippen molar-refractivity contribution in [3.63, 3.8) is 0 Å². The maximum Gasteiger partial charge on any atom is 0.307 e. The number of allylic oxidation sites excluding steroid dienone is 2. The van der Waals surface area contributed by atoms with E-state index >= 15 is 0 Å². The first-order valence-electron chi connectivity index (χ1n) is 5.97. The fourth-order valence-electron chi connectivity index (χ4n) is 1.78.